The van der Waals surface area contributed by atoms with E-state index in [0.29, 0.717) is 0 Å². The molecule has 1 unspecified atom stereocenters. The Morgan fingerprint density at radius 2 is 1.85 bits per heavy atom. The Morgan fingerprint density at radius 3 is 2.15 bits per heavy atom. The molecule has 1 atom stereocenters. The third kappa shape index (κ3) is 4.59. The normalized spacial score (nSPS) is 13.6. The largest absolute Gasteiger partial charge is 0.394 e. The van der Waals surface area contributed by atoms with E-state index < -0.39 is 0 Å². The zero-order valence-corrected chi connectivity index (χ0v) is 10.5. The molecule has 0 amide bonds. The highest BCUT2D eigenvalue weighted by Crippen LogP contribution is 2.20. The fourth-order valence-corrected chi connectivity index (χ4v) is 1.18. The van der Waals surface area contributed by atoms with E-state index in [-0.39, 0.29) is 29.5 Å². The molecule has 0 aliphatic carbocycles. The Bertz CT molecular complexity index is 205. The lowest BCUT2D eigenvalue weighted by Gasteiger charge is -2.18. The van der Waals surface area contributed by atoms with Gasteiger partial charge in [-0.15, -0.1) is 0 Å². The summed E-state index contributed by atoms with van der Waals surface area (Å²) < 4.78 is 4.50. The first kappa shape index (κ1) is 12.9. The van der Waals surface area contributed by atoms with E-state index in [1.54, 1.807) is 6.92 Å². The van der Waals surface area contributed by atoms with Crippen LogP contribution in [-0.2, 0) is 12.7 Å². The van der Waals surface area contributed by atoms with Gasteiger partial charge in [0.2, 0.25) is 0 Å². The molecular weight excluding hydrogens is 283 g/mol. The molecule has 13 heavy (non-hydrogen) atoms. The van der Waals surface area contributed by atoms with Crippen molar-refractivity contribution in [2.75, 3.05) is 0 Å². The first-order valence-corrected chi connectivity index (χ1v) is 5.03. The van der Waals surface area contributed by atoms with Gasteiger partial charge in [0.25, 0.3) is 0 Å². The van der Waals surface area contributed by atoms with Crippen LogP contribution in [0.5, 0.6) is 0 Å². The van der Waals surface area contributed by atoms with E-state index in [9.17, 15) is 9.59 Å². The van der Waals surface area contributed by atoms with Gasteiger partial charge in [0.15, 0.2) is 23.0 Å². The predicted octanol–water partition coefficient (Wildman–Crippen LogP) is 2.52. The van der Waals surface area contributed by atoms with Crippen molar-refractivity contribution in [3.05, 3.63) is 0 Å². The van der Waals surface area contributed by atoms with Crippen LogP contribution in [0, 0.1) is 11.3 Å². The minimum absolute atomic E-state index is 0.0850. The summed E-state index contributed by atoms with van der Waals surface area (Å²) in [6, 6.07) is 0. The highest BCUT2D eigenvalue weighted by atomic mass is 127. The van der Waals surface area contributed by atoms with Gasteiger partial charge in [0.1, 0.15) is 5.78 Å². The van der Waals surface area contributed by atoms with Gasteiger partial charge in [-0.1, -0.05) is 27.7 Å². The van der Waals surface area contributed by atoms with Crippen molar-refractivity contribution >= 4 is 34.8 Å². The number of rotatable bonds is 3. The summed E-state index contributed by atoms with van der Waals surface area (Å²) in [5.74, 6) is -0.594. The van der Waals surface area contributed by atoms with E-state index in [1.807, 2.05) is 20.8 Å². The van der Waals surface area contributed by atoms with Crippen molar-refractivity contribution < 1.29 is 12.7 Å². The standard InChI is InChI=1S/C9H15IO3/c1-6(8(12)13-10)5-7(11)9(2,3)4/h6H,5H2,1-4H3. The number of Topliss-reactive ketones (excluding diaryl/α,β-unsaturated/α-hetero) is 1. The van der Waals surface area contributed by atoms with Gasteiger partial charge in [-0.25, -0.2) is 0 Å². The molecule has 76 valence electrons. The monoisotopic (exact) mass is 298 g/mol. The summed E-state index contributed by atoms with van der Waals surface area (Å²) in [5.41, 5.74) is -0.375. The van der Waals surface area contributed by atoms with Crippen LogP contribution in [0.25, 0.3) is 0 Å². The Balaban J connectivity index is 4.15. The van der Waals surface area contributed by atoms with Gasteiger partial charge in [-0.2, -0.15) is 0 Å². The van der Waals surface area contributed by atoms with Gasteiger partial charge in [0.05, 0.1) is 5.92 Å². The number of hydrogen-bond acceptors (Lipinski definition) is 3. The zero-order chi connectivity index (χ0) is 10.6. The maximum absolute atomic E-state index is 11.5. The molecule has 4 heteroatoms. The minimum atomic E-state index is -0.375. The van der Waals surface area contributed by atoms with Crippen molar-refractivity contribution in [1.82, 2.24) is 0 Å². The highest BCUT2D eigenvalue weighted by molar-refractivity contribution is 14.1. The van der Waals surface area contributed by atoms with E-state index in [4.69, 9.17) is 0 Å². The fourth-order valence-electron chi connectivity index (χ4n) is 0.744. The van der Waals surface area contributed by atoms with Gasteiger partial charge < -0.3 is 3.07 Å². The molecule has 0 radical (unpaired) electrons. The summed E-state index contributed by atoms with van der Waals surface area (Å²) >= 11 is 1.54. The predicted molar refractivity (Wildman–Crippen MR) is 58.4 cm³/mol. The number of carbonyl (C=O) groups excluding carboxylic acids is 2. The van der Waals surface area contributed by atoms with Crippen molar-refractivity contribution in [2.24, 2.45) is 11.3 Å². The van der Waals surface area contributed by atoms with E-state index in [0.717, 1.165) is 0 Å². The molecule has 0 heterocycles. The molecule has 0 bridgehead atoms. The van der Waals surface area contributed by atoms with Crippen molar-refractivity contribution in [1.29, 1.82) is 0 Å². The van der Waals surface area contributed by atoms with Crippen molar-refractivity contribution in [3.8, 4) is 0 Å². The van der Waals surface area contributed by atoms with Crippen molar-refractivity contribution in [3.63, 3.8) is 0 Å². The quantitative estimate of drug-likeness (QED) is 0.752. The lowest BCUT2D eigenvalue weighted by molar-refractivity contribution is -0.139. The molecule has 0 aliphatic heterocycles. The third-order valence-corrected chi connectivity index (χ3v) is 2.24. The molecule has 0 saturated heterocycles. The van der Waals surface area contributed by atoms with Crippen LogP contribution >= 0.6 is 23.0 Å². The molecule has 0 aromatic rings. The first-order valence-electron chi connectivity index (χ1n) is 4.14. The Hall–Kier alpha value is -0.130. The van der Waals surface area contributed by atoms with Crippen molar-refractivity contribution in [2.45, 2.75) is 34.1 Å². The van der Waals surface area contributed by atoms with Gasteiger partial charge in [-0.05, 0) is 0 Å². The van der Waals surface area contributed by atoms with E-state index in [1.165, 1.54) is 23.0 Å². The van der Waals surface area contributed by atoms with Crippen LogP contribution in [0.2, 0.25) is 0 Å². The van der Waals surface area contributed by atoms with Crippen LogP contribution in [-0.4, -0.2) is 11.8 Å². The summed E-state index contributed by atoms with van der Waals surface area (Å²) in [6.07, 6.45) is 0.255. The Kier molecular flexibility index (Phi) is 4.88. The zero-order valence-electron chi connectivity index (χ0n) is 8.39. The number of hydrogen-bond donors (Lipinski definition) is 0. The second-order valence-corrected chi connectivity index (χ2v) is 4.61. The molecule has 0 N–H and O–H groups in total. The van der Waals surface area contributed by atoms with Gasteiger partial charge >= 0.3 is 5.97 Å². The van der Waals surface area contributed by atoms with Gasteiger partial charge in [-0.3, -0.25) is 9.59 Å². The first-order chi connectivity index (χ1) is 5.79. The van der Waals surface area contributed by atoms with E-state index >= 15 is 0 Å². The second kappa shape index (κ2) is 4.93. The summed E-state index contributed by atoms with van der Waals surface area (Å²) in [7, 11) is 0. The molecule has 0 aromatic carbocycles. The number of carbonyl (C=O) groups is 2. The molecule has 0 spiro atoms. The molecular formula is C9H15IO3. The fraction of sp³-hybridized carbons (Fsp3) is 0.778. The summed E-state index contributed by atoms with van der Waals surface area (Å²) in [6.45, 7) is 7.23. The number of halogens is 1. The molecule has 0 rings (SSSR count). The minimum Gasteiger partial charge on any atom is -0.394 e. The van der Waals surface area contributed by atoms with Crippen LogP contribution in [0.3, 0.4) is 0 Å². The van der Waals surface area contributed by atoms with Crippen LogP contribution in [0.4, 0.5) is 0 Å². The highest BCUT2D eigenvalue weighted by Gasteiger charge is 2.26. The van der Waals surface area contributed by atoms with Crippen LogP contribution in [0.1, 0.15) is 34.1 Å². The smallest absolute Gasteiger partial charge is 0.318 e. The molecule has 0 saturated carbocycles. The summed E-state index contributed by atoms with van der Waals surface area (Å²) in [4.78, 5) is 22.5. The average molecular weight is 298 g/mol. The van der Waals surface area contributed by atoms with E-state index in [2.05, 4.69) is 3.07 Å². The maximum Gasteiger partial charge on any atom is 0.318 e. The Morgan fingerprint density at radius 1 is 1.38 bits per heavy atom. The SMILES string of the molecule is CC(CC(=O)C(C)(C)C)C(=O)OI. The average Bonchev–Trinajstić information content (AvgIpc) is 2.01. The maximum atomic E-state index is 11.5. The van der Waals surface area contributed by atoms with Gasteiger partial charge in [0, 0.05) is 11.8 Å². The lowest BCUT2D eigenvalue weighted by atomic mass is 9.86. The topological polar surface area (TPSA) is 43.4 Å². The second-order valence-electron chi connectivity index (χ2n) is 4.17. The molecule has 0 aromatic heterocycles. The van der Waals surface area contributed by atoms with Crippen LogP contribution in [0.15, 0.2) is 0 Å². The summed E-state index contributed by atoms with van der Waals surface area (Å²) in [5, 5.41) is 0. The number of ketones is 1. The molecule has 0 fully saturated rings. The third-order valence-electron chi connectivity index (χ3n) is 1.81. The molecule has 3 nitrogen and oxygen atoms in total. The lowest BCUT2D eigenvalue weighted by Crippen LogP contribution is -2.25. The Labute approximate surface area is 92.9 Å². The van der Waals surface area contributed by atoms with Crippen LogP contribution < -0.4 is 0 Å². The molecule has 0 aliphatic rings.